The molecule has 0 aromatic heterocycles. The molecule has 6 heteroatoms. The van der Waals surface area contributed by atoms with Gasteiger partial charge in [0.1, 0.15) is 0 Å². The van der Waals surface area contributed by atoms with Gasteiger partial charge in [-0.3, -0.25) is 4.79 Å². The van der Waals surface area contributed by atoms with Crippen LogP contribution >= 0.6 is 7.82 Å². The smallest absolute Gasteiger partial charge is 0.382 e. The molecule has 2 bridgehead atoms. The Hall–Kier alpha value is -2.26. The van der Waals surface area contributed by atoms with Crippen LogP contribution in [0.4, 0.5) is 0 Å². The predicted molar refractivity (Wildman–Crippen MR) is 65.8 cm³/mol. The number of ketones is 1. The van der Waals surface area contributed by atoms with Gasteiger partial charge in [-0.05, 0) is 12.1 Å². The number of fused-ring (bicyclic) bond motifs is 1. The molecule has 2 aromatic rings. The van der Waals surface area contributed by atoms with Crippen LogP contribution in [0, 0.1) is 0 Å². The van der Waals surface area contributed by atoms with E-state index in [2.05, 4.69) is 0 Å². The van der Waals surface area contributed by atoms with Crippen LogP contribution in [-0.4, -0.2) is 5.78 Å². The van der Waals surface area contributed by atoms with Gasteiger partial charge < -0.3 is 13.6 Å². The Kier molecular flexibility index (Phi) is 1.90. The van der Waals surface area contributed by atoms with E-state index in [4.69, 9.17) is 13.6 Å². The molecule has 5 nitrogen and oxygen atoms in total. The van der Waals surface area contributed by atoms with Gasteiger partial charge in [-0.25, -0.2) is 0 Å². The number of rotatable bonds is 2. The van der Waals surface area contributed by atoms with Crippen molar-refractivity contribution in [2.24, 2.45) is 0 Å². The Bertz CT molecular complexity index is 753. The first-order chi connectivity index (χ1) is 9.16. The summed E-state index contributed by atoms with van der Waals surface area (Å²) in [6.45, 7) is 0. The minimum absolute atomic E-state index is 0.206. The molecule has 4 rings (SSSR count). The van der Waals surface area contributed by atoms with Crippen LogP contribution < -0.4 is 13.6 Å². The molecule has 19 heavy (non-hydrogen) atoms. The maximum Gasteiger partial charge on any atom is 0.647 e. The zero-order valence-electron chi connectivity index (χ0n) is 9.53. The summed E-state index contributed by atoms with van der Waals surface area (Å²) in [6, 6.07) is 12.0. The highest BCUT2D eigenvalue weighted by Crippen LogP contribution is 2.69. The van der Waals surface area contributed by atoms with Gasteiger partial charge in [0.25, 0.3) is 0 Å². The largest absolute Gasteiger partial charge is 0.647 e. The van der Waals surface area contributed by atoms with Crippen LogP contribution in [0.3, 0.4) is 0 Å². The maximum absolute atomic E-state index is 12.4. The van der Waals surface area contributed by atoms with E-state index in [9.17, 15) is 9.36 Å². The van der Waals surface area contributed by atoms with E-state index in [1.165, 1.54) is 0 Å². The SMILES string of the molecule is O=C(c1ccccc1)c1ccc2c3c1OP(=O)(O2)O3. The number of carbonyl (C=O) groups is 1. The molecule has 2 aliphatic rings. The quantitative estimate of drug-likeness (QED) is 0.621. The Balaban J connectivity index is 1.86. The van der Waals surface area contributed by atoms with E-state index in [1.807, 2.05) is 6.07 Å². The van der Waals surface area contributed by atoms with E-state index in [0.29, 0.717) is 16.9 Å². The van der Waals surface area contributed by atoms with Gasteiger partial charge in [-0.15, -0.1) is 0 Å². The first kappa shape index (κ1) is 10.6. The van der Waals surface area contributed by atoms with Gasteiger partial charge in [0.05, 0.1) is 5.56 Å². The topological polar surface area (TPSA) is 61.8 Å². The molecule has 0 N–H and O–H groups in total. The maximum atomic E-state index is 12.4. The second-order valence-corrected chi connectivity index (χ2v) is 5.63. The van der Waals surface area contributed by atoms with Crippen LogP contribution in [0.1, 0.15) is 15.9 Å². The summed E-state index contributed by atoms with van der Waals surface area (Å²) in [4.78, 5) is 12.4. The van der Waals surface area contributed by atoms with Gasteiger partial charge in [-0.1, -0.05) is 30.3 Å². The fraction of sp³-hybridized carbons (Fsp3) is 0. The Morgan fingerprint density at radius 2 is 1.63 bits per heavy atom. The number of hydrogen-bond acceptors (Lipinski definition) is 5. The van der Waals surface area contributed by atoms with Crippen molar-refractivity contribution in [3.63, 3.8) is 0 Å². The van der Waals surface area contributed by atoms with Crippen molar-refractivity contribution in [3.8, 4) is 17.2 Å². The molecule has 0 saturated heterocycles. The molecule has 0 spiro atoms. The molecule has 1 unspecified atom stereocenters. The van der Waals surface area contributed by atoms with E-state index < -0.39 is 7.82 Å². The second-order valence-electron chi connectivity index (χ2n) is 4.19. The average molecular weight is 274 g/mol. The van der Waals surface area contributed by atoms with Crippen LogP contribution in [0.15, 0.2) is 42.5 Å². The molecule has 2 aromatic carbocycles. The third-order valence-electron chi connectivity index (χ3n) is 2.97. The lowest BCUT2D eigenvalue weighted by Gasteiger charge is -2.12. The van der Waals surface area contributed by atoms with Gasteiger partial charge >= 0.3 is 7.82 Å². The monoisotopic (exact) mass is 274 g/mol. The average Bonchev–Trinajstić information content (AvgIpc) is 2.93. The minimum Gasteiger partial charge on any atom is -0.382 e. The number of phosphoric acid groups is 1. The molecule has 0 aliphatic carbocycles. The van der Waals surface area contributed by atoms with Crippen LogP contribution in [0.2, 0.25) is 0 Å². The Morgan fingerprint density at radius 3 is 2.37 bits per heavy atom. The lowest BCUT2D eigenvalue weighted by Crippen LogP contribution is -2.05. The van der Waals surface area contributed by atoms with Crippen molar-refractivity contribution >= 4 is 13.6 Å². The second kappa shape index (κ2) is 3.39. The fourth-order valence-corrected chi connectivity index (χ4v) is 3.42. The number of benzene rings is 2. The van der Waals surface area contributed by atoms with Crippen molar-refractivity contribution in [2.75, 3.05) is 0 Å². The highest BCUT2D eigenvalue weighted by molar-refractivity contribution is 7.50. The number of phosphoric ester groups is 1. The van der Waals surface area contributed by atoms with Crippen LogP contribution in [0.25, 0.3) is 0 Å². The molecule has 0 amide bonds. The highest BCUT2D eigenvalue weighted by atomic mass is 31.2. The van der Waals surface area contributed by atoms with E-state index in [0.717, 1.165) is 0 Å². The van der Waals surface area contributed by atoms with E-state index >= 15 is 0 Å². The van der Waals surface area contributed by atoms with Crippen LogP contribution in [-0.2, 0) is 4.57 Å². The van der Waals surface area contributed by atoms with Gasteiger partial charge in [0, 0.05) is 5.56 Å². The summed E-state index contributed by atoms with van der Waals surface area (Å²) in [5.74, 6) is 0.614. The summed E-state index contributed by atoms with van der Waals surface area (Å²) in [6.07, 6.45) is 0. The lowest BCUT2D eigenvalue weighted by atomic mass is 10.0. The molecule has 94 valence electrons. The van der Waals surface area contributed by atoms with Crippen molar-refractivity contribution in [1.29, 1.82) is 0 Å². The van der Waals surface area contributed by atoms with Crippen molar-refractivity contribution < 1.29 is 22.9 Å². The fourth-order valence-electron chi connectivity index (χ4n) is 2.12. The molecule has 0 radical (unpaired) electrons. The molecule has 1 atom stereocenters. The zero-order chi connectivity index (χ0) is 13.0. The predicted octanol–water partition coefficient (Wildman–Crippen LogP) is 3.19. The minimum atomic E-state index is -3.56. The lowest BCUT2D eigenvalue weighted by molar-refractivity contribution is 0.103. The normalized spacial score (nSPS) is 21.5. The molecular formula is C13H7O5P. The Labute approximate surface area is 108 Å². The highest BCUT2D eigenvalue weighted by Gasteiger charge is 2.51. The van der Waals surface area contributed by atoms with Gasteiger partial charge in [-0.2, -0.15) is 4.57 Å². The molecule has 2 aliphatic heterocycles. The number of hydrogen-bond donors (Lipinski definition) is 0. The summed E-state index contributed by atoms with van der Waals surface area (Å²) in [7, 11) is -3.56. The zero-order valence-corrected chi connectivity index (χ0v) is 10.4. The van der Waals surface area contributed by atoms with Crippen molar-refractivity contribution in [3.05, 3.63) is 53.6 Å². The summed E-state index contributed by atoms with van der Waals surface area (Å²) in [5.41, 5.74) is 0.857. The summed E-state index contributed by atoms with van der Waals surface area (Å²) >= 11 is 0. The van der Waals surface area contributed by atoms with Gasteiger partial charge in [0.2, 0.25) is 5.75 Å². The Morgan fingerprint density at radius 1 is 0.895 bits per heavy atom. The van der Waals surface area contributed by atoms with E-state index in [1.54, 1.807) is 36.4 Å². The van der Waals surface area contributed by atoms with Crippen molar-refractivity contribution in [2.45, 2.75) is 0 Å². The molecular weight excluding hydrogens is 267 g/mol. The van der Waals surface area contributed by atoms with E-state index in [-0.39, 0.29) is 17.3 Å². The number of carbonyl (C=O) groups excluding carboxylic acids is 1. The van der Waals surface area contributed by atoms with Crippen LogP contribution in [0.5, 0.6) is 17.2 Å². The van der Waals surface area contributed by atoms with Crippen molar-refractivity contribution in [1.82, 2.24) is 0 Å². The standard InChI is InChI=1S/C13H7O5P/c14-11(8-4-2-1-3-5-8)9-6-7-10-13-12(9)17-19(15,16-10)18-13/h1-7H. The molecule has 0 saturated carbocycles. The summed E-state index contributed by atoms with van der Waals surface area (Å²) in [5, 5.41) is 0. The third kappa shape index (κ3) is 1.42. The molecule has 0 fully saturated rings. The first-order valence-electron chi connectivity index (χ1n) is 5.62. The van der Waals surface area contributed by atoms with Gasteiger partial charge in [0.15, 0.2) is 17.3 Å². The summed E-state index contributed by atoms with van der Waals surface area (Å²) < 4.78 is 27.1. The third-order valence-corrected chi connectivity index (χ3v) is 4.21. The molecule has 2 heterocycles. The first-order valence-corrected chi connectivity index (χ1v) is 7.08.